The Hall–Kier alpha value is -3.23. The van der Waals surface area contributed by atoms with Crippen molar-refractivity contribution in [1.29, 1.82) is 0 Å². The van der Waals surface area contributed by atoms with Crippen molar-refractivity contribution >= 4 is 33.9 Å². The van der Waals surface area contributed by atoms with E-state index in [-0.39, 0.29) is 34.2 Å². The van der Waals surface area contributed by atoms with Crippen molar-refractivity contribution < 1.29 is 10.2 Å². The lowest BCUT2D eigenvalue weighted by Gasteiger charge is -2.19. The first-order valence-corrected chi connectivity index (χ1v) is 9.10. The molecule has 0 fully saturated rings. The monoisotopic (exact) mass is 394 g/mol. The molecule has 2 aromatic carbocycles. The van der Waals surface area contributed by atoms with Gasteiger partial charge < -0.3 is 14.8 Å². The molecule has 8 heteroatoms. The average molecular weight is 394 g/mol. The summed E-state index contributed by atoms with van der Waals surface area (Å²) in [6.07, 6.45) is 0.242. The van der Waals surface area contributed by atoms with Crippen LogP contribution in [-0.4, -0.2) is 25.6 Å². The Labute approximate surface area is 165 Å². The van der Waals surface area contributed by atoms with E-state index in [2.05, 4.69) is 15.8 Å². The highest BCUT2D eigenvalue weighted by atomic mass is 32.1. The van der Waals surface area contributed by atoms with Crippen LogP contribution in [0.1, 0.15) is 23.6 Å². The van der Waals surface area contributed by atoms with E-state index in [1.165, 1.54) is 4.57 Å². The molecule has 0 aliphatic carbocycles. The van der Waals surface area contributed by atoms with Gasteiger partial charge in [-0.3, -0.25) is 10.2 Å². The highest BCUT2D eigenvalue weighted by molar-refractivity contribution is 7.80. The number of benzene rings is 2. The Morgan fingerprint density at radius 3 is 2.64 bits per heavy atom. The van der Waals surface area contributed by atoms with Crippen molar-refractivity contribution in [3.8, 4) is 11.5 Å². The van der Waals surface area contributed by atoms with Gasteiger partial charge in [-0.05, 0) is 30.4 Å². The lowest BCUT2D eigenvalue weighted by Crippen LogP contribution is -2.36. The predicted octanol–water partition coefficient (Wildman–Crippen LogP) is 2.26. The first kappa shape index (κ1) is 18.1. The number of rotatable bonds is 2. The molecule has 4 N–H and O–H groups in total. The molecule has 0 bridgehead atoms. The molecule has 1 aliphatic rings. The minimum absolute atomic E-state index is 0.106. The second kappa shape index (κ2) is 7.06. The fourth-order valence-electron chi connectivity index (χ4n) is 3.46. The van der Waals surface area contributed by atoms with Crippen molar-refractivity contribution in [3.63, 3.8) is 0 Å². The number of thiocarbonyl (C=S) groups is 1. The normalized spacial score (nSPS) is 17.1. The van der Waals surface area contributed by atoms with Crippen molar-refractivity contribution in [3.05, 3.63) is 70.0 Å². The van der Waals surface area contributed by atoms with Gasteiger partial charge in [0.1, 0.15) is 17.1 Å². The lowest BCUT2D eigenvalue weighted by atomic mass is 9.96. The van der Waals surface area contributed by atoms with E-state index in [0.29, 0.717) is 22.2 Å². The zero-order valence-electron chi connectivity index (χ0n) is 15.0. The molecule has 28 heavy (non-hydrogen) atoms. The minimum atomic E-state index is -0.407. The second-order valence-corrected chi connectivity index (χ2v) is 6.94. The Morgan fingerprint density at radius 2 is 1.86 bits per heavy atom. The molecule has 0 unspecified atom stereocenters. The summed E-state index contributed by atoms with van der Waals surface area (Å²) in [5.41, 5.74) is 7.17. The van der Waals surface area contributed by atoms with Crippen LogP contribution in [0.25, 0.3) is 10.9 Å². The van der Waals surface area contributed by atoms with Crippen molar-refractivity contribution in [1.82, 2.24) is 15.4 Å². The summed E-state index contributed by atoms with van der Waals surface area (Å²) in [6.45, 7) is 0. The van der Waals surface area contributed by atoms with Crippen LogP contribution in [-0.2, 0) is 7.05 Å². The maximum Gasteiger partial charge on any atom is 0.263 e. The number of aromatic nitrogens is 1. The molecule has 2 heterocycles. The largest absolute Gasteiger partial charge is 0.508 e. The van der Waals surface area contributed by atoms with Gasteiger partial charge in [-0.25, -0.2) is 10.4 Å². The summed E-state index contributed by atoms with van der Waals surface area (Å²) < 4.78 is 1.48. The van der Waals surface area contributed by atoms with Gasteiger partial charge in [0.15, 0.2) is 0 Å². The van der Waals surface area contributed by atoms with Crippen LogP contribution < -0.4 is 16.4 Å². The van der Waals surface area contributed by atoms with Crippen molar-refractivity contribution in [2.24, 2.45) is 12.0 Å². The number of aryl methyl sites for hydroxylation is 1. The highest BCUT2D eigenvalue weighted by Crippen LogP contribution is 2.31. The van der Waals surface area contributed by atoms with Crippen LogP contribution in [0.2, 0.25) is 0 Å². The fraction of sp³-hybridized carbons (Fsp3) is 0.150. The third-order valence-electron chi connectivity index (χ3n) is 4.86. The molecule has 0 amide bonds. The van der Waals surface area contributed by atoms with E-state index in [4.69, 9.17) is 12.2 Å². The van der Waals surface area contributed by atoms with E-state index >= 15 is 0 Å². The number of hydrazine groups is 1. The zero-order valence-corrected chi connectivity index (χ0v) is 15.8. The third-order valence-corrected chi connectivity index (χ3v) is 5.06. The van der Waals surface area contributed by atoms with E-state index in [0.717, 1.165) is 0 Å². The molecule has 0 saturated heterocycles. The van der Waals surface area contributed by atoms with Crippen molar-refractivity contribution in [2.75, 3.05) is 0 Å². The maximum absolute atomic E-state index is 13.0. The summed E-state index contributed by atoms with van der Waals surface area (Å²) in [7, 11) is 1.65. The standard InChI is InChI=1S/C20H18N4O3S/c1-24-15-8-4-2-7-12(15)18(26)17(19(24)27)14-10-13(22-23-20(28)21-14)11-6-3-5-9-16(11)25/h2-9,13,22,25-26H,10H2,1H3,(H,23,28)/t13-/m0/s1. The van der Waals surface area contributed by atoms with Gasteiger partial charge in [0.25, 0.3) is 5.56 Å². The molecule has 4 rings (SSSR count). The van der Waals surface area contributed by atoms with Gasteiger partial charge in [-0.1, -0.05) is 30.3 Å². The minimum Gasteiger partial charge on any atom is -0.508 e. The van der Waals surface area contributed by atoms with Crippen LogP contribution in [0.3, 0.4) is 0 Å². The summed E-state index contributed by atoms with van der Waals surface area (Å²) in [5, 5.41) is 21.8. The summed E-state index contributed by atoms with van der Waals surface area (Å²) in [4.78, 5) is 17.4. The molecule has 1 aliphatic heterocycles. The average Bonchev–Trinajstić information content (AvgIpc) is 2.88. The van der Waals surface area contributed by atoms with Gasteiger partial charge in [-0.15, -0.1) is 0 Å². The summed E-state index contributed by atoms with van der Waals surface area (Å²) >= 11 is 5.21. The molecule has 0 saturated carbocycles. The van der Waals surface area contributed by atoms with Crippen LogP contribution in [0.4, 0.5) is 0 Å². The molecule has 1 atom stereocenters. The number of nitrogens with zero attached hydrogens (tertiary/aromatic N) is 2. The van der Waals surface area contributed by atoms with E-state index in [1.54, 1.807) is 49.5 Å². The summed E-state index contributed by atoms with van der Waals surface area (Å²) in [5.74, 6) is -0.0113. The maximum atomic E-state index is 13.0. The number of phenolic OH excluding ortho intramolecular Hbond substituents is 1. The fourth-order valence-corrected chi connectivity index (χ4v) is 3.63. The van der Waals surface area contributed by atoms with E-state index < -0.39 is 6.04 Å². The molecular formula is C20H18N4O3S. The first-order chi connectivity index (χ1) is 13.5. The number of para-hydroxylation sites is 2. The number of fused-ring (bicyclic) bond motifs is 1. The van der Waals surface area contributed by atoms with Gasteiger partial charge in [-0.2, -0.15) is 0 Å². The number of aromatic hydroxyl groups is 2. The molecule has 0 radical (unpaired) electrons. The number of nitrogens with one attached hydrogen (secondary N) is 2. The predicted molar refractivity (Wildman–Crippen MR) is 112 cm³/mol. The smallest absolute Gasteiger partial charge is 0.263 e. The van der Waals surface area contributed by atoms with Gasteiger partial charge in [0, 0.05) is 24.4 Å². The van der Waals surface area contributed by atoms with E-state index in [1.807, 2.05) is 6.07 Å². The molecular weight excluding hydrogens is 376 g/mol. The Kier molecular flexibility index (Phi) is 4.58. The van der Waals surface area contributed by atoms with Crippen molar-refractivity contribution in [2.45, 2.75) is 12.5 Å². The highest BCUT2D eigenvalue weighted by Gasteiger charge is 2.26. The molecule has 7 nitrogen and oxygen atoms in total. The van der Waals surface area contributed by atoms with Crippen LogP contribution >= 0.6 is 12.2 Å². The Morgan fingerprint density at radius 1 is 1.14 bits per heavy atom. The van der Waals surface area contributed by atoms with Crippen LogP contribution in [0, 0.1) is 0 Å². The van der Waals surface area contributed by atoms with Gasteiger partial charge >= 0.3 is 0 Å². The lowest BCUT2D eigenvalue weighted by molar-refractivity contribution is 0.444. The molecule has 1 aromatic heterocycles. The quantitative estimate of drug-likeness (QED) is 0.498. The van der Waals surface area contributed by atoms with Crippen LogP contribution in [0.5, 0.6) is 11.5 Å². The molecule has 3 aromatic rings. The second-order valence-electron chi connectivity index (χ2n) is 6.55. The van der Waals surface area contributed by atoms with Crippen LogP contribution in [0.15, 0.2) is 58.3 Å². The number of hydrogen-bond donors (Lipinski definition) is 4. The number of pyridine rings is 1. The number of aliphatic imine (C=N–C) groups is 1. The van der Waals surface area contributed by atoms with E-state index in [9.17, 15) is 15.0 Å². The van der Waals surface area contributed by atoms with Gasteiger partial charge in [0.2, 0.25) is 5.11 Å². The number of hydrogen-bond acceptors (Lipinski definition) is 5. The SMILES string of the molecule is Cn1c(=O)c(C2=NC(=S)NN[C@H](c3ccccc3O)C2)c(O)c2ccccc21. The van der Waals surface area contributed by atoms with Gasteiger partial charge in [0.05, 0.1) is 17.3 Å². The molecule has 0 spiro atoms. The first-order valence-electron chi connectivity index (χ1n) is 8.69. The molecule has 142 valence electrons. The Bertz CT molecular complexity index is 1190. The topological polar surface area (TPSA) is 98.9 Å². The number of phenols is 1. The Balaban J connectivity index is 1.89. The third kappa shape index (κ3) is 3.02. The zero-order chi connectivity index (χ0) is 19.8. The summed E-state index contributed by atoms with van der Waals surface area (Å²) in [6, 6.07) is 13.6.